The van der Waals surface area contributed by atoms with Gasteiger partial charge >= 0.3 is 0 Å². The molecule has 1 N–H and O–H groups in total. The molecule has 0 atom stereocenters. The van der Waals surface area contributed by atoms with Gasteiger partial charge in [0.25, 0.3) is 5.91 Å². The van der Waals surface area contributed by atoms with Gasteiger partial charge in [0.15, 0.2) is 11.5 Å². The van der Waals surface area contributed by atoms with E-state index in [0.29, 0.717) is 23.7 Å². The van der Waals surface area contributed by atoms with Gasteiger partial charge in [0.05, 0.1) is 29.2 Å². The van der Waals surface area contributed by atoms with E-state index < -0.39 is 0 Å². The Kier molecular flexibility index (Phi) is 3.84. The first-order valence-electron chi connectivity index (χ1n) is 6.57. The zero-order valence-corrected chi connectivity index (χ0v) is 13.7. The van der Waals surface area contributed by atoms with Crippen molar-refractivity contribution in [3.63, 3.8) is 0 Å². The number of nitrogens with zero attached hydrogens (tertiary/aromatic N) is 4. The number of aromatic amines is 1. The lowest BCUT2D eigenvalue weighted by Gasteiger charge is -2.16. The normalized spacial score (nSPS) is 10.9. The van der Waals surface area contributed by atoms with Crippen LogP contribution in [0.1, 0.15) is 16.2 Å². The fourth-order valence-electron chi connectivity index (χ4n) is 2.10. The van der Waals surface area contributed by atoms with Gasteiger partial charge in [0, 0.05) is 20.2 Å². The Balaban J connectivity index is 1.76. The average molecular weight is 364 g/mol. The van der Waals surface area contributed by atoms with Gasteiger partial charge in [-0.05, 0) is 28.1 Å². The van der Waals surface area contributed by atoms with Crippen LogP contribution in [0.2, 0.25) is 0 Å². The van der Waals surface area contributed by atoms with E-state index in [0.717, 1.165) is 10.2 Å². The van der Waals surface area contributed by atoms with Crippen LogP contribution in [-0.2, 0) is 13.6 Å². The second-order valence-corrected chi connectivity index (χ2v) is 5.72. The first-order chi connectivity index (χ1) is 10.6. The highest BCUT2D eigenvalue weighted by molar-refractivity contribution is 9.10. The zero-order chi connectivity index (χ0) is 15.7. The molecule has 0 radical (unpaired) electrons. The fraction of sp³-hybridized carbons (Fsp3) is 0.214. The summed E-state index contributed by atoms with van der Waals surface area (Å²) >= 11 is 3.43. The smallest absolute Gasteiger partial charge is 0.274 e. The van der Waals surface area contributed by atoms with Gasteiger partial charge in [0.2, 0.25) is 0 Å². The molecule has 3 aromatic rings. The van der Waals surface area contributed by atoms with Crippen LogP contribution in [0.4, 0.5) is 0 Å². The number of carbonyl (C=O) groups is 1. The fourth-order valence-corrected chi connectivity index (χ4v) is 2.57. The molecule has 3 aromatic heterocycles. The molecule has 3 rings (SSSR count). The molecule has 22 heavy (non-hydrogen) atoms. The predicted octanol–water partition coefficient (Wildman–Crippen LogP) is 2.44. The van der Waals surface area contributed by atoms with E-state index in [1.165, 1.54) is 0 Å². The molecule has 0 saturated heterocycles. The summed E-state index contributed by atoms with van der Waals surface area (Å²) in [6, 6.07) is 5.26. The summed E-state index contributed by atoms with van der Waals surface area (Å²) in [7, 11) is 3.56. The summed E-state index contributed by atoms with van der Waals surface area (Å²) in [5, 5.41) is 11.0. The summed E-state index contributed by atoms with van der Waals surface area (Å²) in [6.45, 7) is 0.429. The van der Waals surface area contributed by atoms with Gasteiger partial charge in [-0.2, -0.15) is 10.2 Å². The van der Waals surface area contributed by atoms with E-state index in [1.54, 1.807) is 47.3 Å². The minimum absolute atomic E-state index is 0.179. The largest absolute Gasteiger partial charge is 0.463 e. The summed E-state index contributed by atoms with van der Waals surface area (Å²) in [6.07, 6.45) is 3.28. The molecule has 0 bridgehead atoms. The van der Waals surface area contributed by atoms with Crippen LogP contribution >= 0.6 is 15.9 Å². The Hall–Kier alpha value is -2.35. The minimum atomic E-state index is -0.179. The molecule has 0 aliphatic heterocycles. The summed E-state index contributed by atoms with van der Waals surface area (Å²) < 4.78 is 7.87. The number of hydrogen-bond donors (Lipinski definition) is 1. The molecule has 7 nitrogen and oxygen atoms in total. The number of hydrogen-bond acceptors (Lipinski definition) is 4. The van der Waals surface area contributed by atoms with E-state index >= 15 is 0 Å². The molecular weight excluding hydrogens is 350 g/mol. The number of furan rings is 1. The molecule has 114 valence electrons. The van der Waals surface area contributed by atoms with Gasteiger partial charge < -0.3 is 9.32 Å². The topological polar surface area (TPSA) is 80.0 Å². The number of amides is 1. The van der Waals surface area contributed by atoms with Gasteiger partial charge in [-0.25, -0.2) is 0 Å². The Labute approximate surface area is 135 Å². The monoisotopic (exact) mass is 363 g/mol. The maximum absolute atomic E-state index is 12.4. The molecule has 0 unspecified atom stereocenters. The molecule has 3 heterocycles. The summed E-state index contributed by atoms with van der Waals surface area (Å²) in [5.74, 6) is 0.464. The first-order valence-corrected chi connectivity index (χ1v) is 7.36. The molecule has 1 amide bonds. The summed E-state index contributed by atoms with van der Waals surface area (Å²) in [4.78, 5) is 14.0. The van der Waals surface area contributed by atoms with Crippen LogP contribution in [0.25, 0.3) is 11.5 Å². The highest BCUT2D eigenvalue weighted by Gasteiger charge is 2.19. The highest BCUT2D eigenvalue weighted by Crippen LogP contribution is 2.20. The number of nitrogens with one attached hydrogen (secondary N) is 1. The van der Waals surface area contributed by atoms with Crippen LogP contribution in [0, 0.1) is 0 Å². The van der Waals surface area contributed by atoms with Crippen LogP contribution in [0.5, 0.6) is 0 Å². The Bertz CT molecular complexity index is 771. The van der Waals surface area contributed by atoms with Crippen molar-refractivity contribution < 1.29 is 9.21 Å². The second-order valence-electron chi connectivity index (χ2n) is 4.87. The van der Waals surface area contributed by atoms with Crippen LogP contribution in [0.15, 0.2) is 39.5 Å². The van der Waals surface area contributed by atoms with Gasteiger partial charge in [-0.3, -0.25) is 14.6 Å². The standard InChI is InChI=1S/C14H14BrN5O2/c1-19(8-12-9(15)7-16-20(12)2)14(21)11-6-10(17-18-11)13-4-3-5-22-13/h3-7H,8H2,1-2H3,(H,17,18). The van der Waals surface area contributed by atoms with E-state index in [4.69, 9.17) is 4.42 Å². The molecule has 0 fully saturated rings. The van der Waals surface area contributed by atoms with Crippen molar-refractivity contribution in [2.45, 2.75) is 6.54 Å². The maximum atomic E-state index is 12.4. The maximum Gasteiger partial charge on any atom is 0.274 e. The molecular formula is C14H14BrN5O2. The summed E-state index contributed by atoms with van der Waals surface area (Å²) in [5.41, 5.74) is 1.92. The number of rotatable bonds is 4. The third-order valence-electron chi connectivity index (χ3n) is 3.33. The zero-order valence-electron chi connectivity index (χ0n) is 12.1. The van der Waals surface area contributed by atoms with Crippen molar-refractivity contribution in [2.24, 2.45) is 7.05 Å². The molecule has 0 aromatic carbocycles. The lowest BCUT2D eigenvalue weighted by molar-refractivity contribution is 0.0776. The molecule has 0 saturated carbocycles. The molecule has 0 aliphatic carbocycles. The van der Waals surface area contributed by atoms with Crippen molar-refractivity contribution in [1.29, 1.82) is 0 Å². The number of H-pyrrole nitrogens is 1. The van der Waals surface area contributed by atoms with Gasteiger partial charge in [0.1, 0.15) is 5.69 Å². The van der Waals surface area contributed by atoms with Gasteiger partial charge in [-0.15, -0.1) is 0 Å². The van der Waals surface area contributed by atoms with Crippen LogP contribution in [0.3, 0.4) is 0 Å². The number of aryl methyl sites for hydroxylation is 1. The molecule has 0 aliphatic rings. The quantitative estimate of drug-likeness (QED) is 0.771. The van der Waals surface area contributed by atoms with E-state index in [9.17, 15) is 4.79 Å². The van der Waals surface area contributed by atoms with Crippen molar-refractivity contribution in [1.82, 2.24) is 24.9 Å². The minimum Gasteiger partial charge on any atom is -0.463 e. The Morgan fingerprint density at radius 2 is 2.36 bits per heavy atom. The lowest BCUT2D eigenvalue weighted by Crippen LogP contribution is -2.27. The van der Waals surface area contributed by atoms with Crippen LogP contribution < -0.4 is 0 Å². The SMILES string of the molecule is CN(Cc1c(Br)cnn1C)C(=O)c1cc(-c2ccco2)[nH]n1. The van der Waals surface area contributed by atoms with E-state index in [1.807, 2.05) is 7.05 Å². The highest BCUT2D eigenvalue weighted by atomic mass is 79.9. The van der Waals surface area contributed by atoms with Crippen molar-refractivity contribution >= 4 is 21.8 Å². The number of carbonyl (C=O) groups excluding carboxylic acids is 1. The first kappa shape index (κ1) is 14.6. The third-order valence-corrected chi connectivity index (χ3v) is 3.99. The second kappa shape index (κ2) is 5.80. The number of halogens is 1. The van der Waals surface area contributed by atoms with E-state index in [-0.39, 0.29) is 5.91 Å². The lowest BCUT2D eigenvalue weighted by atomic mass is 10.2. The Morgan fingerprint density at radius 1 is 1.55 bits per heavy atom. The number of aromatic nitrogens is 4. The van der Waals surface area contributed by atoms with Gasteiger partial charge in [-0.1, -0.05) is 0 Å². The molecule has 0 spiro atoms. The van der Waals surface area contributed by atoms with Crippen molar-refractivity contribution in [3.8, 4) is 11.5 Å². The predicted molar refractivity (Wildman–Crippen MR) is 83.0 cm³/mol. The Morgan fingerprint density at radius 3 is 3.00 bits per heavy atom. The molecule has 8 heteroatoms. The average Bonchev–Trinajstić information content (AvgIpc) is 3.22. The van der Waals surface area contributed by atoms with Crippen LogP contribution in [-0.4, -0.2) is 37.8 Å². The van der Waals surface area contributed by atoms with Crippen molar-refractivity contribution in [2.75, 3.05) is 7.05 Å². The van der Waals surface area contributed by atoms with Crippen molar-refractivity contribution in [3.05, 3.63) is 46.5 Å². The van der Waals surface area contributed by atoms with E-state index in [2.05, 4.69) is 31.2 Å². The third kappa shape index (κ3) is 2.69.